The lowest BCUT2D eigenvalue weighted by molar-refractivity contribution is 0.160. The third kappa shape index (κ3) is 2.67. The minimum Gasteiger partial charge on any atom is -0.314 e. The van der Waals surface area contributed by atoms with Crippen LogP contribution in [0.25, 0.3) is 0 Å². The van der Waals surface area contributed by atoms with Crippen LogP contribution < -0.4 is 5.32 Å². The van der Waals surface area contributed by atoms with Gasteiger partial charge in [-0.3, -0.25) is 0 Å². The van der Waals surface area contributed by atoms with Crippen LogP contribution in [0.5, 0.6) is 0 Å². The third-order valence-electron chi connectivity index (χ3n) is 4.16. The SMILES string of the molecule is c1csc(CCC2CCC2CNC2CC2)c1. The summed E-state index contributed by atoms with van der Waals surface area (Å²) in [6.07, 6.45) is 8.51. The van der Waals surface area contributed by atoms with E-state index in [0.29, 0.717) is 0 Å². The highest BCUT2D eigenvalue weighted by Gasteiger charge is 2.31. The minimum atomic E-state index is 0.888. The Morgan fingerprint density at radius 2 is 2.06 bits per heavy atom. The van der Waals surface area contributed by atoms with Gasteiger partial charge in [0.15, 0.2) is 0 Å². The zero-order valence-electron chi connectivity index (χ0n) is 9.82. The summed E-state index contributed by atoms with van der Waals surface area (Å²) < 4.78 is 0. The number of nitrogens with one attached hydrogen (secondary N) is 1. The van der Waals surface area contributed by atoms with Crippen LogP contribution in [0, 0.1) is 11.8 Å². The molecule has 1 N–H and O–H groups in total. The van der Waals surface area contributed by atoms with Gasteiger partial charge >= 0.3 is 0 Å². The third-order valence-corrected chi connectivity index (χ3v) is 5.10. The van der Waals surface area contributed by atoms with Crippen molar-refractivity contribution in [3.63, 3.8) is 0 Å². The standard InChI is InChI=1S/C14H21NS/c1-2-14(16-9-1)8-5-11-3-4-12(11)10-15-13-6-7-13/h1-2,9,11-13,15H,3-8,10H2. The van der Waals surface area contributed by atoms with Crippen LogP contribution >= 0.6 is 11.3 Å². The van der Waals surface area contributed by atoms with Crippen molar-refractivity contribution in [2.45, 2.75) is 44.6 Å². The molecular weight excluding hydrogens is 214 g/mol. The van der Waals surface area contributed by atoms with Gasteiger partial charge in [0.1, 0.15) is 0 Å². The van der Waals surface area contributed by atoms with E-state index >= 15 is 0 Å². The maximum Gasteiger partial charge on any atom is 0.00683 e. The molecule has 0 saturated heterocycles. The first-order chi connectivity index (χ1) is 7.92. The summed E-state index contributed by atoms with van der Waals surface area (Å²) in [4.78, 5) is 1.57. The van der Waals surface area contributed by atoms with Crippen molar-refractivity contribution in [2.24, 2.45) is 11.8 Å². The van der Waals surface area contributed by atoms with Gasteiger partial charge in [-0.2, -0.15) is 0 Å². The fourth-order valence-corrected chi connectivity index (χ4v) is 3.40. The summed E-state index contributed by atoms with van der Waals surface area (Å²) in [5.41, 5.74) is 0. The molecule has 0 radical (unpaired) electrons. The average Bonchev–Trinajstić information content (AvgIpc) is 2.92. The van der Waals surface area contributed by atoms with Crippen LogP contribution in [-0.2, 0) is 6.42 Å². The maximum atomic E-state index is 3.68. The summed E-state index contributed by atoms with van der Waals surface area (Å²) in [5.74, 6) is 1.99. The van der Waals surface area contributed by atoms with Crippen LogP contribution in [-0.4, -0.2) is 12.6 Å². The summed E-state index contributed by atoms with van der Waals surface area (Å²) in [7, 11) is 0. The molecule has 0 bridgehead atoms. The van der Waals surface area contributed by atoms with E-state index in [9.17, 15) is 0 Å². The Morgan fingerprint density at radius 3 is 2.69 bits per heavy atom. The van der Waals surface area contributed by atoms with E-state index in [1.165, 1.54) is 45.1 Å². The van der Waals surface area contributed by atoms with Crippen molar-refractivity contribution < 1.29 is 0 Å². The van der Waals surface area contributed by atoms with Gasteiger partial charge in [0.2, 0.25) is 0 Å². The van der Waals surface area contributed by atoms with Crippen molar-refractivity contribution >= 4 is 11.3 Å². The molecule has 2 aliphatic carbocycles. The number of thiophene rings is 1. The fourth-order valence-electron chi connectivity index (χ4n) is 2.67. The Morgan fingerprint density at radius 1 is 1.19 bits per heavy atom. The van der Waals surface area contributed by atoms with Crippen LogP contribution in [0.3, 0.4) is 0 Å². The monoisotopic (exact) mass is 235 g/mol. The zero-order chi connectivity index (χ0) is 10.8. The Kier molecular flexibility index (Phi) is 3.30. The second-order valence-corrected chi connectivity index (χ2v) is 6.43. The van der Waals surface area contributed by atoms with E-state index in [4.69, 9.17) is 0 Å². The Hall–Kier alpha value is -0.340. The molecule has 2 aliphatic rings. The molecule has 2 atom stereocenters. The Labute approximate surface area is 102 Å². The lowest BCUT2D eigenvalue weighted by atomic mass is 9.71. The van der Waals surface area contributed by atoms with Gasteiger partial charge in [-0.15, -0.1) is 11.3 Å². The van der Waals surface area contributed by atoms with Crippen molar-refractivity contribution in [1.82, 2.24) is 5.32 Å². The molecule has 1 aromatic rings. The van der Waals surface area contributed by atoms with Crippen molar-refractivity contribution in [3.8, 4) is 0 Å². The van der Waals surface area contributed by atoms with Gasteiger partial charge in [-0.25, -0.2) is 0 Å². The molecular formula is C14H21NS. The Bertz CT molecular complexity index is 315. The molecule has 2 fully saturated rings. The van der Waals surface area contributed by atoms with E-state index in [2.05, 4.69) is 22.8 Å². The highest BCUT2D eigenvalue weighted by Crippen LogP contribution is 2.38. The lowest BCUT2D eigenvalue weighted by Crippen LogP contribution is -2.36. The van der Waals surface area contributed by atoms with Gasteiger partial charge < -0.3 is 5.32 Å². The molecule has 3 rings (SSSR count). The molecule has 16 heavy (non-hydrogen) atoms. The Balaban J connectivity index is 1.37. The lowest BCUT2D eigenvalue weighted by Gasteiger charge is -2.37. The topological polar surface area (TPSA) is 12.0 Å². The first kappa shape index (κ1) is 10.8. The molecule has 88 valence electrons. The van der Waals surface area contributed by atoms with Gasteiger partial charge in [-0.1, -0.05) is 6.07 Å². The number of rotatable bonds is 6. The summed E-state index contributed by atoms with van der Waals surface area (Å²) in [5, 5.41) is 5.88. The molecule has 0 aromatic carbocycles. The summed E-state index contributed by atoms with van der Waals surface area (Å²) >= 11 is 1.91. The van der Waals surface area contributed by atoms with Crippen LogP contribution in [0.15, 0.2) is 17.5 Å². The van der Waals surface area contributed by atoms with Crippen LogP contribution in [0.1, 0.15) is 37.0 Å². The van der Waals surface area contributed by atoms with E-state index < -0.39 is 0 Å². The molecule has 0 aliphatic heterocycles. The fraction of sp³-hybridized carbons (Fsp3) is 0.714. The van der Waals surface area contributed by atoms with Gasteiger partial charge in [0, 0.05) is 10.9 Å². The molecule has 1 nitrogen and oxygen atoms in total. The molecule has 1 aromatic heterocycles. The van der Waals surface area contributed by atoms with Gasteiger partial charge in [0.25, 0.3) is 0 Å². The van der Waals surface area contributed by atoms with Crippen molar-refractivity contribution in [2.75, 3.05) is 6.54 Å². The summed E-state index contributed by atoms with van der Waals surface area (Å²) in [6.45, 7) is 1.29. The van der Waals surface area contributed by atoms with E-state index in [1.807, 2.05) is 11.3 Å². The van der Waals surface area contributed by atoms with Crippen molar-refractivity contribution in [3.05, 3.63) is 22.4 Å². The second-order valence-electron chi connectivity index (χ2n) is 5.40. The maximum absolute atomic E-state index is 3.68. The number of aryl methyl sites for hydroxylation is 1. The zero-order valence-corrected chi connectivity index (χ0v) is 10.6. The number of hydrogen-bond donors (Lipinski definition) is 1. The molecule has 2 heteroatoms. The molecule has 0 amide bonds. The number of hydrogen-bond acceptors (Lipinski definition) is 2. The first-order valence-corrected chi connectivity index (χ1v) is 7.55. The smallest absolute Gasteiger partial charge is 0.00683 e. The van der Waals surface area contributed by atoms with E-state index in [-0.39, 0.29) is 0 Å². The van der Waals surface area contributed by atoms with Crippen LogP contribution in [0.4, 0.5) is 0 Å². The molecule has 1 heterocycles. The normalized spacial score (nSPS) is 29.0. The highest BCUT2D eigenvalue weighted by molar-refractivity contribution is 7.09. The average molecular weight is 235 g/mol. The van der Waals surface area contributed by atoms with E-state index in [1.54, 1.807) is 4.88 Å². The molecule has 2 saturated carbocycles. The van der Waals surface area contributed by atoms with Crippen LogP contribution in [0.2, 0.25) is 0 Å². The van der Waals surface area contributed by atoms with Crippen molar-refractivity contribution in [1.29, 1.82) is 0 Å². The van der Waals surface area contributed by atoms with Gasteiger partial charge in [-0.05, 0) is 68.4 Å². The first-order valence-electron chi connectivity index (χ1n) is 6.67. The predicted molar refractivity (Wildman–Crippen MR) is 69.9 cm³/mol. The quantitative estimate of drug-likeness (QED) is 0.796. The van der Waals surface area contributed by atoms with E-state index in [0.717, 1.165) is 17.9 Å². The predicted octanol–water partition coefficient (Wildman–Crippen LogP) is 3.46. The molecule has 2 unspecified atom stereocenters. The molecule has 0 spiro atoms. The van der Waals surface area contributed by atoms with Gasteiger partial charge in [0.05, 0.1) is 0 Å². The largest absolute Gasteiger partial charge is 0.314 e. The summed E-state index contributed by atoms with van der Waals surface area (Å²) in [6, 6.07) is 5.34. The highest BCUT2D eigenvalue weighted by atomic mass is 32.1. The second kappa shape index (κ2) is 4.89. The minimum absolute atomic E-state index is 0.888.